The first-order valence-corrected chi connectivity index (χ1v) is 11.9. The number of ether oxygens (including phenoxy) is 2. The van der Waals surface area contributed by atoms with E-state index in [1.807, 2.05) is 0 Å². The Morgan fingerprint density at radius 1 is 0.861 bits per heavy atom. The monoisotopic (exact) mass is 493 g/mol. The zero-order valence-electron chi connectivity index (χ0n) is 21.2. The molecule has 9 nitrogen and oxygen atoms in total. The van der Waals surface area contributed by atoms with Gasteiger partial charge >= 0.3 is 0 Å². The average molecular weight is 494 g/mol. The van der Waals surface area contributed by atoms with Crippen molar-refractivity contribution in [2.75, 3.05) is 27.3 Å². The number of methoxy groups -OCH3 is 2. The van der Waals surface area contributed by atoms with E-state index in [0.29, 0.717) is 54.1 Å². The van der Waals surface area contributed by atoms with Crippen molar-refractivity contribution in [3.63, 3.8) is 0 Å². The van der Waals surface area contributed by atoms with E-state index in [2.05, 4.69) is 5.32 Å². The summed E-state index contributed by atoms with van der Waals surface area (Å²) in [6.07, 6.45) is 1.20. The maximum Gasteiger partial charge on any atom is 0.262 e. The normalized spacial score (nSPS) is 16.1. The number of carbonyl (C=O) groups excluding carboxylic acids is 4. The van der Waals surface area contributed by atoms with E-state index in [4.69, 9.17) is 9.47 Å². The average Bonchev–Trinajstić information content (AvgIpc) is 3.12. The smallest absolute Gasteiger partial charge is 0.262 e. The molecule has 0 spiro atoms. The maximum atomic E-state index is 13.2. The first kappa shape index (κ1) is 25.2. The van der Waals surface area contributed by atoms with Crippen LogP contribution in [0.25, 0.3) is 0 Å². The van der Waals surface area contributed by atoms with Crippen molar-refractivity contribution in [3.8, 4) is 11.5 Å². The second-order valence-electron chi connectivity index (χ2n) is 9.99. The van der Waals surface area contributed by atoms with E-state index in [1.54, 1.807) is 56.0 Å². The third kappa shape index (κ3) is 4.65. The number of fused-ring (bicyclic) bond motifs is 1. The van der Waals surface area contributed by atoms with Crippen LogP contribution in [0.2, 0.25) is 0 Å². The van der Waals surface area contributed by atoms with Crippen LogP contribution in [0.15, 0.2) is 36.4 Å². The first-order valence-electron chi connectivity index (χ1n) is 11.9. The maximum absolute atomic E-state index is 13.2. The van der Waals surface area contributed by atoms with Crippen molar-refractivity contribution in [1.29, 1.82) is 0 Å². The molecule has 2 aromatic rings. The summed E-state index contributed by atoms with van der Waals surface area (Å²) in [7, 11) is 3.05. The van der Waals surface area contributed by atoms with Crippen LogP contribution >= 0.6 is 0 Å². The van der Waals surface area contributed by atoms with Crippen molar-refractivity contribution in [1.82, 2.24) is 15.1 Å². The van der Waals surface area contributed by atoms with Gasteiger partial charge in [-0.3, -0.25) is 24.1 Å². The lowest BCUT2D eigenvalue weighted by Crippen LogP contribution is -2.46. The highest BCUT2D eigenvalue weighted by Crippen LogP contribution is 2.31. The number of piperidine rings is 1. The standard InChI is InChI=1S/C27H31N3O6/c1-27(2,3)30-25(33)19-8-6-17(14-20(19)26(30)34)24(32)29-12-10-18(11-13-29)28-23(31)16-7-9-21(35-4)22(15-16)36-5/h6-9,14-15,18H,10-13H2,1-5H3,(H,28,31). The number of likely N-dealkylation sites (tertiary alicyclic amines) is 1. The Balaban J connectivity index is 1.38. The van der Waals surface area contributed by atoms with E-state index in [9.17, 15) is 19.2 Å². The second-order valence-corrected chi connectivity index (χ2v) is 9.99. The Morgan fingerprint density at radius 2 is 1.47 bits per heavy atom. The van der Waals surface area contributed by atoms with Crippen molar-refractivity contribution < 1.29 is 28.7 Å². The molecule has 190 valence electrons. The molecule has 0 unspecified atom stereocenters. The van der Waals surface area contributed by atoms with Crippen LogP contribution in [0, 0.1) is 0 Å². The van der Waals surface area contributed by atoms with Gasteiger partial charge in [-0.25, -0.2) is 0 Å². The molecule has 1 saturated heterocycles. The van der Waals surface area contributed by atoms with E-state index in [0.717, 1.165) is 0 Å². The fraction of sp³-hybridized carbons (Fsp3) is 0.407. The molecule has 0 bridgehead atoms. The van der Waals surface area contributed by atoms with Crippen LogP contribution in [0.3, 0.4) is 0 Å². The van der Waals surface area contributed by atoms with Crippen LogP contribution in [0.1, 0.15) is 75.0 Å². The highest BCUT2D eigenvalue weighted by atomic mass is 16.5. The first-order chi connectivity index (χ1) is 17.0. The predicted octanol–water partition coefficient (Wildman–Crippen LogP) is 3.13. The van der Waals surface area contributed by atoms with E-state index in [1.165, 1.54) is 25.2 Å². The number of imide groups is 1. The van der Waals surface area contributed by atoms with Crippen LogP contribution in [-0.4, -0.2) is 72.3 Å². The van der Waals surface area contributed by atoms with Gasteiger partial charge < -0.3 is 19.7 Å². The summed E-state index contributed by atoms with van der Waals surface area (Å²) in [5.74, 6) is -0.112. The van der Waals surface area contributed by atoms with Gasteiger partial charge in [0.15, 0.2) is 11.5 Å². The van der Waals surface area contributed by atoms with Crippen molar-refractivity contribution in [3.05, 3.63) is 58.7 Å². The van der Waals surface area contributed by atoms with Crippen LogP contribution in [-0.2, 0) is 0 Å². The molecule has 0 aliphatic carbocycles. The number of nitrogens with zero attached hydrogens (tertiary/aromatic N) is 2. The summed E-state index contributed by atoms with van der Waals surface area (Å²) >= 11 is 0. The molecule has 2 aliphatic rings. The third-order valence-corrected chi connectivity index (χ3v) is 6.57. The van der Waals surface area contributed by atoms with Gasteiger partial charge in [0.1, 0.15) is 0 Å². The lowest BCUT2D eigenvalue weighted by Gasteiger charge is -2.32. The van der Waals surface area contributed by atoms with Crippen molar-refractivity contribution in [2.24, 2.45) is 0 Å². The number of hydrogen-bond donors (Lipinski definition) is 1. The van der Waals surface area contributed by atoms with Gasteiger partial charge in [0.2, 0.25) is 0 Å². The Labute approximate surface area is 210 Å². The zero-order chi connectivity index (χ0) is 26.2. The number of rotatable bonds is 5. The minimum absolute atomic E-state index is 0.0748. The highest BCUT2D eigenvalue weighted by Gasteiger charge is 2.42. The molecule has 2 aromatic carbocycles. The van der Waals surface area contributed by atoms with Crippen LogP contribution < -0.4 is 14.8 Å². The van der Waals surface area contributed by atoms with Crippen LogP contribution in [0.4, 0.5) is 0 Å². The minimum Gasteiger partial charge on any atom is -0.493 e. The van der Waals surface area contributed by atoms with Gasteiger partial charge in [0.05, 0.1) is 25.3 Å². The quantitative estimate of drug-likeness (QED) is 0.642. The summed E-state index contributed by atoms with van der Waals surface area (Å²) in [6, 6.07) is 9.60. The molecule has 36 heavy (non-hydrogen) atoms. The van der Waals surface area contributed by atoms with Gasteiger partial charge in [0, 0.05) is 35.8 Å². The second kappa shape index (κ2) is 9.64. The number of hydrogen-bond acceptors (Lipinski definition) is 6. The molecule has 4 rings (SSSR count). The molecule has 1 fully saturated rings. The minimum atomic E-state index is -0.652. The fourth-order valence-electron chi connectivity index (χ4n) is 4.64. The number of nitrogens with one attached hydrogen (secondary N) is 1. The lowest BCUT2D eigenvalue weighted by molar-refractivity contribution is 0.0507. The molecule has 0 radical (unpaired) electrons. The molecular formula is C27H31N3O6. The van der Waals surface area contributed by atoms with Crippen LogP contribution in [0.5, 0.6) is 11.5 Å². The summed E-state index contributed by atoms with van der Waals surface area (Å²) in [5.41, 5.74) is 0.771. The number of carbonyl (C=O) groups is 4. The topological polar surface area (TPSA) is 105 Å². The van der Waals surface area contributed by atoms with E-state index >= 15 is 0 Å². The van der Waals surface area contributed by atoms with Gasteiger partial charge in [-0.05, 0) is 70.0 Å². The van der Waals surface area contributed by atoms with Crippen molar-refractivity contribution >= 4 is 23.6 Å². The summed E-state index contributed by atoms with van der Waals surface area (Å²) in [5, 5.41) is 3.03. The number of amides is 4. The SMILES string of the molecule is COc1ccc(C(=O)NC2CCN(C(=O)c3ccc4c(c3)C(=O)N(C(C)(C)C)C4=O)CC2)cc1OC. The van der Waals surface area contributed by atoms with Gasteiger partial charge in [0.25, 0.3) is 23.6 Å². The summed E-state index contributed by atoms with van der Waals surface area (Å²) in [6.45, 7) is 6.33. The number of benzene rings is 2. The Hall–Kier alpha value is -3.88. The molecular weight excluding hydrogens is 462 g/mol. The Bertz CT molecular complexity index is 1220. The third-order valence-electron chi connectivity index (χ3n) is 6.57. The van der Waals surface area contributed by atoms with Gasteiger partial charge in [-0.1, -0.05) is 0 Å². The zero-order valence-corrected chi connectivity index (χ0v) is 21.2. The van der Waals surface area contributed by atoms with E-state index < -0.39 is 5.54 Å². The molecule has 2 heterocycles. The molecule has 0 saturated carbocycles. The molecule has 1 N–H and O–H groups in total. The lowest BCUT2D eigenvalue weighted by atomic mass is 10.0. The van der Waals surface area contributed by atoms with Gasteiger partial charge in [-0.15, -0.1) is 0 Å². The molecule has 0 aromatic heterocycles. The highest BCUT2D eigenvalue weighted by molar-refractivity contribution is 6.22. The fourth-order valence-corrected chi connectivity index (χ4v) is 4.64. The summed E-state index contributed by atoms with van der Waals surface area (Å²) < 4.78 is 10.5. The predicted molar refractivity (Wildman–Crippen MR) is 133 cm³/mol. The Kier molecular flexibility index (Phi) is 6.75. The molecule has 2 aliphatic heterocycles. The largest absolute Gasteiger partial charge is 0.493 e. The molecule has 4 amide bonds. The molecule has 9 heteroatoms. The Morgan fingerprint density at radius 3 is 2.08 bits per heavy atom. The summed E-state index contributed by atoms with van der Waals surface area (Å²) in [4.78, 5) is 54.4. The van der Waals surface area contributed by atoms with Crippen molar-refractivity contribution in [2.45, 2.75) is 45.2 Å². The molecule has 0 atom stereocenters. The van der Waals surface area contributed by atoms with E-state index in [-0.39, 0.29) is 35.2 Å². The van der Waals surface area contributed by atoms with Gasteiger partial charge in [-0.2, -0.15) is 0 Å².